The van der Waals surface area contributed by atoms with Crippen molar-refractivity contribution >= 4 is 33.4 Å². The second-order valence-electron chi connectivity index (χ2n) is 3.59. The second-order valence-corrected chi connectivity index (χ2v) is 5.24. The summed E-state index contributed by atoms with van der Waals surface area (Å²) >= 11 is 4.44. The van der Waals surface area contributed by atoms with E-state index in [1.54, 1.807) is 12.1 Å². The largest absolute Gasteiger partial charge is 0.411 e. The molecule has 1 N–H and O–H groups in total. The molecule has 0 amide bonds. The average Bonchev–Trinajstić information content (AvgIpc) is 2.88. The molecule has 1 heterocycles. The Bertz CT molecular complexity index is 618. The van der Waals surface area contributed by atoms with Crippen LogP contribution in [0.15, 0.2) is 37.5 Å². The van der Waals surface area contributed by atoms with Crippen LogP contribution >= 0.6 is 27.7 Å². The molecule has 1 aromatic heterocycles. The molecular formula is C11H9BrFN3O2S. The van der Waals surface area contributed by atoms with Crippen LogP contribution in [0.4, 0.5) is 4.39 Å². The molecule has 0 saturated heterocycles. The first-order chi connectivity index (χ1) is 9.15. The zero-order chi connectivity index (χ0) is 13.8. The fourth-order valence-electron chi connectivity index (χ4n) is 1.50. The Hall–Kier alpha value is -1.41. The summed E-state index contributed by atoms with van der Waals surface area (Å²) in [4.78, 5) is 0. The van der Waals surface area contributed by atoms with E-state index in [0.717, 1.165) is 5.56 Å². The number of rotatable bonds is 4. The predicted octanol–water partition coefficient (Wildman–Crippen LogP) is 3.11. The predicted molar refractivity (Wildman–Crippen MR) is 72.2 cm³/mol. The molecule has 2 aromatic rings. The molecule has 19 heavy (non-hydrogen) atoms. The molecule has 2 rings (SSSR count). The quantitative estimate of drug-likeness (QED) is 0.399. The maximum absolute atomic E-state index is 13.1. The van der Waals surface area contributed by atoms with Crippen LogP contribution in [0.5, 0.6) is 0 Å². The van der Waals surface area contributed by atoms with Crippen molar-refractivity contribution in [1.82, 2.24) is 10.3 Å². The van der Waals surface area contributed by atoms with E-state index in [4.69, 9.17) is 5.21 Å². The van der Waals surface area contributed by atoms with Gasteiger partial charge in [-0.1, -0.05) is 11.2 Å². The smallest absolute Gasteiger partial charge is 0.170 e. The Kier molecular flexibility index (Phi) is 4.54. The van der Waals surface area contributed by atoms with Gasteiger partial charge in [-0.25, -0.2) is 9.02 Å². The Labute approximate surface area is 121 Å². The topological polar surface area (TPSA) is 71.5 Å². The lowest BCUT2D eigenvalue weighted by molar-refractivity contribution is 0.296. The molecule has 5 nitrogen and oxygen atoms in total. The molecule has 8 heteroatoms. The number of benzene rings is 1. The zero-order valence-electron chi connectivity index (χ0n) is 9.80. The molecule has 0 saturated carbocycles. The van der Waals surface area contributed by atoms with Crippen molar-refractivity contribution in [2.75, 3.05) is 6.26 Å². The molecular weight excluding hydrogens is 337 g/mol. The van der Waals surface area contributed by atoms with E-state index in [9.17, 15) is 4.39 Å². The monoisotopic (exact) mass is 345 g/mol. The SMILES string of the molecule is CSc1nonc1C(Cc1ccc(F)c(Br)c1)=NO. The number of thioether (sulfide) groups is 1. The highest BCUT2D eigenvalue weighted by Crippen LogP contribution is 2.21. The number of halogens is 2. The molecule has 100 valence electrons. The molecule has 0 bridgehead atoms. The maximum Gasteiger partial charge on any atom is 0.170 e. The number of hydrogen-bond acceptors (Lipinski definition) is 6. The van der Waals surface area contributed by atoms with Crippen molar-refractivity contribution in [3.8, 4) is 0 Å². The Morgan fingerprint density at radius 2 is 2.32 bits per heavy atom. The first-order valence-electron chi connectivity index (χ1n) is 5.17. The summed E-state index contributed by atoms with van der Waals surface area (Å²) in [5.74, 6) is -0.348. The van der Waals surface area contributed by atoms with E-state index in [0.29, 0.717) is 20.9 Å². The van der Waals surface area contributed by atoms with Crippen molar-refractivity contribution < 1.29 is 14.2 Å². The highest BCUT2D eigenvalue weighted by molar-refractivity contribution is 9.10. The highest BCUT2D eigenvalue weighted by atomic mass is 79.9. The number of nitrogens with zero attached hydrogens (tertiary/aromatic N) is 3. The first kappa shape index (κ1) is 14.0. The number of oxime groups is 1. The third-order valence-corrected chi connectivity index (χ3v) is 3.66. The lowest BCUT2D eigenvalue weighted by Crippen LogP contribution is -2.07. The van der Waals surface area contributed by atoms with Crippen LogP contribution in [-0.4, -0.2) is 27.5 Å². The van der Waals surface area contributed by atoms with Crippen LogP contribution in [0.3, 0.4) is 0 Å². The minimum absolute atomic E-state index is 0.289. The molecule has 0 fully saturated rings. The van der Waals surface area contributed by atoms with Crippen molar-refractivity contribution in [2.24, 2.45) is 5.16 Å². The summed E-state index contributed by atoms with van der Waals surface area (Å²) in [5.41, 5.74) is 1.47. The van der Waals surface area contributed by atoms with Crippen LogP contribution < -0.4 is 0 Å². The van der Waals surface area contributed by atoms with Gasteiger partial charge < -0.3 is 5.21 Å². The molecule has 0 aliphatic heterocycles. The van der Waals surface area contributed by atoms with Gasteiger partial charge in [0, 0.05) is 6.42 Å². The highest BCUT2D eigenvalue weighted by Gasteiger charge is 2.17. The fourth-order valence-corrected chi connectivity index (χ4v) is 2.38. The Morgan fingerprint density at radius 3 is 2.95 bits per heavy atom. The molecule has 1 aromatic carbocycles. The molecule has 0 spiro atoms. The van der Waals surface area contributed by atoms with Crippen molar-refractivity contribution in [3.63, 3.8) is 0 Å². The van der Waals surface area contributed by atoms with E-state index in [1.807, 2.05) is 6.26 Å². The second kappa shape index (κ2) is 6.16. The third-order valence-electron chi connectivity index (χ3n) is 2.40. The minimum atomic E-state index is -0.348. The van der Waals surface area contributed by atoms with Crippen LogP contribution in [0.1, 0.15) is 11.3 Å². The van der Waals surface area contributed by atoms with E-state index < -0.39 is 0 Å². The zero-order valence-corrected chi connectivity index (χ0v) is 12.2. The summed E-state index contributed by atoms with van der Waals surface area (Å²) in [5, 5.41) is 20.2. The molecule has 0 aliphatic rings. The standard InChI is InChI=1S/C11H9BrFN3O2S/c1-19-11-10(15-18-16-11)9(14-17)5-6-2-3-8(13)7(12)4-6/h2-4,17H,5H2,1H3. The first-order valence-corrected chi connectivity index (χ1v) is 7.19. The number of aromatic nitrogens is 2. The lowest BCUT2D eigenvalue weighted by atomic mass is 10.1. The Morgan fingerprint density at radius 1 is 1.53 bits per heavy atom. The van der Waals surface area contributed by atoms with Gasteiger partial charge in [0.1, 0.15) is 11.5 Å². The molecule has 0 atom stereocenters. The van der Waals surface area contributed by atoms with Crippen molar-refractivity contribution in [1.29, 1.82) is 0 Å². The van der Waals surface area contributed by atoms with E-state index in [-0.39, 0.29) is 12.2 Å². The van der Waals surface area contributed by atoms with E-state index in [2.05, 4.69) is 36.0 Å². The fraction of sp³-hybridized carbons (Fsp3) is 0.182. The molecule has 0 aliphatic carbocycles. The normalized spacial score (nSPS) is 11.8. The van der Waals surface area contributed by atoms with Gasteiger partial charge in [0.2, 0.25) is 0 Å². The van der Waals surface area contributed by atoms with E-state index in [1.165, 1.54) is 17.8 Å². The van der Waals surface area contributed by atoms with Gasteiger partial charge in [0.05, 0.1) is 4.47 Å². The van der Waals surface area contributed by atoms with Crippen molar-refractivity contribution in [3.05, 3.63) is 39.7 Å². The summed E-state index contributed by atoms with van der Waals surface area (Å²) in [6, 6.07) is 4.56. The van der Waals surface area contributed by atoms with Gasteiger partial charge in [-0.15, -0.1) is 11.8 Å². The van der Waals surface area contributed by atoms with Crippen LogP contribution in [0, 0.1) is 5.82 Å². The summed E-state index contributed by atoms with van der Waals surface area (Å²) in [6.45, 7) is 0. The van der Waals surface area contributed by atoms with Gasteiger partial charge in [-0.2, -0.15) is 0 Å². The van der Waals surface area contributed by atoms with Gasteiger partial charge in [0.15, 0.2) is 10.7 Å². The third kappa shape index (κ3) is 3.13. The van der Waals surface area contributed by atoms with Crippen LogP contribution in [0.25, 0.3) is 0 Å². The average molecular weight is 346 g/mol. The maximum atomic E-state index is 13.1. The van der Waals surface area contributed by atoms with Gasteiger partial charge in [-0.3, -0.25) is 0 Å². The van der Waals surface area contributed by atoms with Crippen LogP contribution in [0.2, 0.25) is 0 Å². The van der Waals surface area contributed by atoms with Crippen LogP contribution in [-0.2, 0) is 6.42 Å². The summed E-state index contributed by atoms with van der Waals surface area (Å²) in [7, 11) is 0. The van der Waals surface area contributed by atoms with Crippen molar-refractivity contribution in [2.45, 2.75) is 11.4 Å². The van der Waals surface area contributed by atoms with Gasteiger partial charge >= 0.3 is 0 Å². The molecule has 0 radical (unpaired) electrons. The molecule has 0 unspecified atom stereocenters. The van der Waals surface area contributed by atoms with E-state index >= 15 is 0 Å². The minimum Gasteiger partial charge on any atom is -0.411 e. The Balaban J connectivity index is 2.27. The lowest BCUT2D eigenvalue weighted by Gasteiger charge is -2.03. The summed E-state index contributed by atoms with van der Waals surface area (Å²) < 4.78 is 18.1. The summed E-state index contributed by atoms with van der Waals surface area (Å²) in [6.07, 6.45) is 2.10. The van der Waals surface area contributed by atoms with Gasteiger partial charge in [0.25, 0.3) is 0 Å². The number of hydrogen-bond donors (Lipinski definition) is 1. The van der Waals surface area contributed by atoms with Gasteiger partial charge in [-0.05, 0) is 50.2 Å².